The standard InChI is InChI=1S/C23H25N3O4/c1-3-11-29-19-9-7-16(8-10-19)14-26-15-18(13-21(26)27)23-24-22(25-30-23)17-5-4-6-20(12-17)28-2/h4-10,12,18H,3,11,13-15H2,1-2H3. The molecule has 156 valence electrons. The summed E-state index contributed by atoms with van der Waals surface area (Å²) in [6, 6.07) is 15.4. The minimum absolute atomic E-state index is 0.0902. The smallest absolute Gasteiger partial charge is 0.232 e. The fourth-order valence-corrected chi connectivity index (χ4v) is 3.50. The Morgan fingerprint density at radius 1 is 1.17 bits per heavy atom. The fraction of sp³-hybridized carbons (Fsp3) is 0.348. The van der Waals surface area contributed by atoms with Crippen LogP contribution in [-0.2, 0) is 11.3 Å². The number of ether oxygens (including phenoxy) is 2. The molecular weight excluding hydrogens is 382 g/mol. The highest BCUT2D eigenvalue weighted by Crippen LogP contribution is 2.30. The zero-order valence-corrected chi connectivity index (χ0v) is 17.2. The van der Waals surface area contributed by atoms with Crippen molar-refractivity contribution in [3.63, 3.8) is 0 Å². The van der Waals surface area contributed by atoms with Gasteiger partial charge in [-0.1, -0.05) is 36.3 Å². The number of benzene rings is 2. The number of aromatic nitrogens is 2. The maximum atomic E-state index is 12.5. The van der Waals surface area contributed by atoms with Crippen molar-refractivity contribution >= 4 is 5.91 Å². The summed E-state index contributed by atoms with van der Waals surface area (Å²) in [5.74, 6) is 2.56. The summed E-state index contributed by atoms with van der Waals surface area (Å²) in [6.45, 7) is 3.90. The van der Waals surface area contributed by atoms with Crippen LogP contribution < -0.4 is 9.47 Å². The summed E-state index contributed by atoms with van der Waals surface area (Å²) in [6.07, 6.45) is 1.35. The molecule has 2 aromatic carbocycles. The normalized spacial score (nSPS) is 16.1. The molecular formula is C23H25N3O4. The highest BCUT2D eigenvalue weighted by atomic mass is 16.5. The first-order valence-electron chi connectivity index (χ1n) is 10.1. The SMILES string of the molecule is CCCOc1ccc(CN2CC(c3nc(-c4cccc(OC)c4)no3)CC2=O)cc1. The molecule has 1 amide bonds. The van der Waals surface area contributed by atoms with Gasteiger partial charge < -0.3 is 18.9 Å². The second-order valence-corrected chi connectivity index (χ2v) is 7.36. The van der Waals surface area contributed by atoms with Gasteiger partial charge in [-0.05, 0) is 36.2 Å². The number of likely N-dealkylation sites (tertiary alicyclic amines) is 1. The maximum Gasteiger partial charge on any atom is 0.232 e. The Bertz CT molecular complexity index is 1000. The third-order valence-electron chi connectivity index (χ3n) is 5.10. The van der Waals surface area contributed by atoms with Gasteiger partial charge in [0.1, 0.15) is 11.5 Å². The Balaban J connectivity index is 1.40. The number of rotatable bonds is 8. The molecule has 4 rings (SSSR count). The monoisotopic (exact) mass is 407 g/mol. The predicted molar refractivity (Wildman–Crippen MR) is 111 cm³/mol. The minimum atomic E-state index is -0.100. The van der Waals surface area contributed by atoms with E-state index < -0.39 is 0 Å². The Hall–Kier alpha value is -3.35. The largest absolute Gasteiger partial charge is 0.497 e. The van der Waals surface area contributed by atoms with Crippen molar-refractivity contribution in [2.75, 3.05) is 20.3 Å². The van der Waals surface area contributed by atoms with Crippen LogP contribution in [0.2, 0.25) is 0 Å². The molecule has 3 aromatic rings. The van der Waals surface area contributed by atoms with Crippen LogP contribution in [-0.4, -0.2) is 41.2 Å². The Morgan fingerprint density at radius 3 is 2.77 bits per heavy atom. The van der Waals surface area contributed by atoms with E-state index in [2.05, 4.69) is 17.1 Å². The summed E-state index contributed by atoms with van der Waals surface area (Å²) in [5, 5.41) is 4.09. The van der Waals surface area contributed by atoms with E-state index in [0.29, 0.717) is 37.8 Å². The third kappa shape index (κ3) is 4.45. The molecule has 7 nitrogen and oxygen atoms in total. The lowest BCUT2D eigenvalue weighted by Gasteiger charge is -2.16. The number of methoxy groups -OCH3 is 1. The van der Waals surface area contributed by atoms with Crippen molar-refractivity contribution in [2.45, 2.75) is 32.2 Å². The molecule has 7 heteroatoms. The molecule has 1 unspecified atom stereocenters. The number of nitrogens with zero attached hydrogens (tertiary/aromatic N) is 3. The van der Waals surface area contributed by atoms with E-state index in [9.17, 15) is 4.79 Å². The Morgan fingerprint density at radius 2 is 2.00 bits per heavy atom. The van der Waals surface area contributed by atoms with Crippen LogP contribution in [0.1, 0.15) is 37.1 Å². The Kier molecular flexibility index (Phi) is 5.97. The molecule has 1 fully saturated rings. The van der Waals surface area contributed by atoms with Crippen molar-refractivity contribution in [2.24, 2.45) is 0 Å². The first kappa shape index (κ1) is 19.9. The van der Waals surface area contributed by atoms with Gasteiger partial charge in [0, 0.05) is 25.1 Å². The molecule has 0 radical (unpaired) electrons. The lowest BCUT2D eigenvalue weighted by atomic mass is 10.1. The van der Waals surface area contributed by atoms with E-state index in [1.807, 2.05) is 53.4 Å². The van der Waals surface area contributed by atoms with E-state index in [1.54, 1.807) is 7.11 Å². The molecule has 1 aromatic heterocycles. The molecule has 1 saturated heterocycles. The molecule has 0 bridgehead atoms. The topological polar surface area (TPSA) is 77.7 Å². The van der Waals surface area contributed by atoms with E-state index in [4.69, 9.17) is 14.0 Å². The highest BCUT2D eigenvalue weighted by Gasteiger charge is 2.34. The van der Waals surface area contributed by atoms with Gasteiger partial charge in [0.05, 0.1) is 19.6 Å². The number of carbonyl (C=O) groups excluding carboxylic acids is 1. The summed E-state index contributed by atoms with van der Waals surface area (Å²) in [7, 11) is 1.62. The zero-order chi connectivity index (χ0) is 20.9. The van der Waals surface area contributed by atoms with Crippen molar-refractivity contribution in [3.8, 4) is 22.9 Å². The van der Waals surface area contributed by atoms with E-state index in [-0.39, 0.29) is 11.8 Å². The third-order valence-corrected chi connectivity index (χ3v) is 5.10. The van der Waals surface area contributed by atoms with Crippen LogP contribution in [0, 0.1) is 0 Å². The molecule has 1 aliphatic rings. The molecule has 1 atom stereocenters. The number of hydrogen-bond donors (Lipinski definition) is 0. The van der Waals surface area contributed by atoms with Gasteiger partial charge in [0.2, 0.25) is 17.6 Å². The average Bonchev–Trinajstić information content (AvgIpc) is 3.41. The van der Waals surface area contributed by atoms with Crippen LogP contribution in [0.5, 0.6) is 11.5 Å². The van der Waals surface area contributed by atoms with E-state index in [0.717, 1.165) is 29.0 Å². The van der Waals surface area contributed by atoms with Crippen LogP contribution in [0.3, 0.4) is 0 Å². The summed E-state index contributed by atoms with van der Waals surface area (Å²) in [4.78, 5) is 18.9. The highest BCUT2D eigenvalue weighted by molar-refractivity contribution is 5.79. The van der Waals surface area contributed by atoms with E-state index >= 15 is 0 Å². The summed E-state index contributed by atoms with van der Waals surface area (Å²) in [5.41, 5.74) is 1.88. The maximum absolute atomic E-state index is 12.5. The lowest BCUT2D eigenvalue weighted by Crippen LogP contribution is -2.24. The average molecular weight is 407 g/mol. The van der Waals surface area contributed by atoms with Crippen LogP contribution in [0.25, 0.3) is 11.4 Å². The molecule has 0 spiro atoms. The molecule has 2 heterocycles. The second-order valence-electron chi connectivity index (χ2n) is 7.36. The number of amides is 1. The first-order valence-corrected chi connectivity index (χ1v) is 10.1. The predicted octanol–water partition coefficient (Wildman–Crippen LogP) is 4.05. The van der Waals surface area contributed by atoms with Crippen molar-refractivity contribution < 1.29 is 18.8 Å². The summed E-state index contributed by atoms with van der Waals surface area (Å²) < 4.78 is 16.3. The van der Waals surface area contributed by atoms with Gasteiger partial charge in [-0.25, -0.2) is 0 Å². The van der Waals surface area contributed by atoms with Gasteiger partial charge >= 0.3 is 0 Å². The van der Waals surface area contributed by atoms with Gasteiger partial charge in [0.25, 0.3) is 0 Å². The molecule has 30 heavy (non-hydrogen) atoms. The van der Waals surface area contributed by atoms with E-state index in [1.165, 1.54) is 0 Å². The fourth-order valence-electron chi connectivity index (χ4n) is 3.50. The van der Waals surface area contributed by atoms with Gasteiger partial charge in [-0.2, -0.15) is 4.98 Å². The minimum Gasteiger partial charge on any atom is -0.497 e. The van der Waals surface area contributed by atoms with Crippen LogP contribution in [0.4, 0.5) is 0 Å². The zero-order valence-electron chi connectivity index (χ0n) is 17.2. The van der Waals surface area contributed by atoms with Crippen molar-refractivity contribution in [1.29, 1.82) is 0 Å². The number of carbonyl (C=O) groups is 1. The van der Waals surface area contributed by atoms with Crippen LogP contribution in [0.15, 0.2) is 53.1 Å². The molecule has 0 saturated carbocycles. The quantitative estimate of drug-likeness (QED) is 0.561. The summed E-state index contributed by atoms with van der Waals surface area (Å²) >= 11 is 0. The van der Waals surface area contributed by atoms with Gasteiger partial charge in [-0.15, -0.1) is 0 Å². The van der Waals surface area contributed by atoms with Crippen LogP contribution >= 0.6 is 0 Å². The van der Waals surface area contributed by atoms with Gasteiger partial charge in [0.15, 0.2) is 0 Å². The first-order chi connectivity index (χ1) is 14.7. The van der Waals surface area contributed by atoms with Crippen molar-refractivity contribution in [1.82, 2.24) is 15.0 Å². The molecule has 0 aliphatic carbocycles. The number of hydrogen-bond acceptors (Lipinski definition) is 6. The van der Waals surface area contributed by atoms with Gasteiger partial charge in [-0.3, -0.25) is 4.79 Å². The second kappa shape index (κ2) is 8.98. The lowest BCUT2D eigenvalue weighted by molar-refractivity contribution is -0.128. The molecule has 1 aliphatic heterocycles. The van der Waals surface area contributed by atoms with Crippen molar-refractivity contribution in [3.05, 3.63) is 60.0 Å². The Labute approximate surface area is 175 Å². The molecule has 0 N–H and O–H groups in total.